The number of nitrogens with one attached hydrogen (secondary N) is 2. The van der Waals surface area contributed by atoms with E-state index in [2.05, 4.69) is 15.5 Å². The molecule has 2 aromatic carbocycles. The molecule has 8 heteroatoms. The Balaban J connectivity index is 1.38. The summed E-state index contributed by atoms with van der Waals surface area (Å²) in [5.74, 6) is 2.78. The number of hydrogen-bond donors (Lipinski definition) is 2. The molecule has 2 N–H and O–H groups in total. The molecule has 2 aromatic rings. The average Bonchev–Trinajstić information content (AvgIpc) is 2.85. The molecule has 0 radical (unpaired) electrons. The molecule has 2 aliphatic heterocycles. The molecular formula is C25H33N3O5. The maximum Gasteiger partial charge on any atom is 0.224 e. The number of piperazine rings is 1. The van der Waals surface area contributed by atoms with Crippen LogP contribution in [0.3, 0.4) is 0 Å². The molecule has 1 fully saturated rings. The Kier molecular flexibility index (Phi) is 7.44. The van der Waals surface area contributed by atoms with Gasteiger partial charge in [-0.25, -0.2) is 0 Å². The van der Waals surface area contributed by atoms with Gasteiger partial charge in [0, 0.05) is 61.7 Å². The molecule has 1 atom stereocenters. The summed E-state index contributed by atoms with van der Waals surface area (Å²) >= 11 is 0. The van der Waals surface area contributed by atoms with E-state index in [4.69, 9.17) is 18.9 Å². The molecule has 0 aliphatic carbocycles. The lowest BCUT2D eigenvalue weighted by Crippen LogP contribution is -2.51. The number of ether oxygens (including phenoxy) is 4. The van der Waals surface area contributed by atoms with Crippen molar-refractivity contribution in [2.24, 2.45) is 0 Å². The van der Waals surface area contributed by atoms with Crippen LogP contribution in [0.1, 0.15) is 24.8 Å². The maximum atomic E-state index is 11.7. The first-order valence-electron chi connectivity index (χ1n) is 11.5. The number of aryl methyl sites for hydroxylation is 1. The van der Waals surface area contributed by atoms with Crippen LogP contribution in [0.4, 0.5) is 11.4 Å². The molecular weight excluding hydrogens is 422 g/mol. The number of nitrogens with zero attached hydrogens (tertiary/aromatic N) is 1. The zero-order chi connectivity index (χ0) is 23.2. The van der Waals surface area contributed by atoms with Gasteiger partial charge in [-0.1, -0.05) is 6.07 Å². The summed E-state index contributed by atoms with van der Waals surface area (Å²) in [5.41, 5.74) is 3.09. The number of hydrogen-bond acceptors (Lipinski definition) is 7. The quantitative estimate of drug-likeness (QED) is 0.562. The molecule has 2 heterocycles. The van der Waals surface area contributed by atoms with Crippen molar-refractivity contribution in [2.45, 2.75) is 31.7 Å². The summed E-state index contributed by atoms with van der Waals surface area (Å²) in [6.45, 7) is 3.34. The first kappa shape index (κ1) is 23.0. The van der Waals surface area contributed by atoms with Crippen LogP contribution in [0.15, 0.2) is 30.3 Å². The normalized spacial score (nSPS) is 17.7. The van der Waals surface area contributed by atoms with E-state index in [1.165, 1.54) is 0 Å². The van der Waals surface area contributed by atoms with Crippen molar-refractivity contribution in [3.05, 3.63) is 35.9 Å². The van der Waals surface area contributed by atoms with Crippen LogP contribution < -0.4 is 34.5 Å². The zero-order valence-electron chi connectivity index (χ0n) is 19.6. The second kappa shape index (κ2) is 10.7. The van der Waals surface area contributed by atoms with Gasteiger partial charge in [-0.2, -0.15) is 0 Å². The van der Waals surface area contributed by atoms with Gasteiger partial charge in [0.2, 0.25) is 11.7 Å². The number of rotatable bonds is 9. The van der Waals surface area contributed by atoms with Gasteiger partial charge in [-0.15, -0.1) is 0 Å². The topological polar surface area (TPSA) is 81.3 Å². The van der Waals surface area contributed by atoms with Gasteiger partial charge in [-0.05, 0) is 30.9 Å². The van der Waals surface area contributed by atoms with Gasteiger partial charge < -0.3 is 34.5 Å². The molecule has 1 unspecified atom stereocenters. The Morgan fingerprint density at radius 2 is 1.82 bits per heavy atom. The van der Waals surface area contributed by atoms with Crippen LogP contribution in [0.25, 0.3) is 0 Å². The molecule has 0 spiro atoms. The van der Waals surface area contributed by atoms with Crippen LogP contribution in [-0.4, -0.2) is 59.5 Å². The van der Waals surface area contributed by atoms with E-state index >= 15 is 0 Å². The Bertz CT molecular complexity index is 956. The molecule has 0 bridgehead atoms. The predicted molar refractivity (Wildman–Crippen MR) is 128 cm³/mol. The number of carbonyl (C=O) groups is 1. The highest BCUT2D eigenvalue weighted by molar-refractivity contribution is 5.94. The van der Waals surface area contributed by atoms with Crippen LogP contribution in [0.5, 0.6) is 23.0 Å². The fourth-order valence-corrected chi connectivity index (χ4v) is 4.54. The third-order valence-corrected chi connectivity index (χ3v) is 6.26. The lowest BCUT2D eigenvalue weighted by molar-refractivity contribution is -0.116. The molecule has 1 amide bonds. The van der Waals surface area contributed by atoms with Crippen LogP contribution in [0, 0.1) is 0 Å². The minimum absolute atomic E-state index is 0.0660. The van der Waals surface area contributed by atoms with Crippen LogP contribution in [0.2, 0.25) is 0 Å². The third kappa shape index (κ3) is 5.27. The van der Waals surface area contributed by atoms with E-state index in [1.807, 2.05) is 30.3 Å². The Labute approximate surface area is 195 Å². The smallest absolute Gasteiger partial charge is 0.224 e. The fraction of sp³-hybridized carbons (Fsp3) is 0.480. The van der Waals surface area contributed by atoms with E-state index in [0.29, 0.717) is 36.3 Å². The van der Waals surface area contributed by atoms with E-state index in [-0.39, 0.29) is 5.91 Å². The monoisotopic (exact) mass is 455 g/mol. The van der Waals surface area contributed by atoms with E-state index in [9.17, 15) is 4.79 Å². The van der Waals surface area contributed by atoms with Crippen molar-refractivity contribution in [1.82, 2.24) is 5.32 Å². The van der Waals surface area contributed by atoms with Crippen molar-refractivity contribution in [3.8, 4) is 23.0 Å². The lowest BCUT2D eigenvalue weighted by Gasteiger charge is -2.38. The summed E-state index contributed by atoms with van der Waals surface area (Å²) in [6, 6.07) is 10.3. The number of fused-ring (bicyclic) bond motifs is 1. The maximum absolute atomic E-state index is 11.7. The Morgan fingerprint density at radius 1 is 1.03 bits per heavy atom. The minimum atomic E-state index is 0.0660. The highest BCUT2D eigenvalue weighted by Gasteiger charge is 2.25. The van der Waals surface area contributed by atoms with Crippen molar-refractivity contribution in [3.63, 3.8) is 0 Å². The van der Waals surface area contributed by atoms with Gasteiger partial charge in [0.25, 0.3) is 0 Å². The summed E-state index contributed by atoms with van der Waals surface area (Å²) in [7, 11) is 4.89. The molecule has 1 saturated heterocycles. The van der Waals surface area contributed by atoms with Gasteiger partial charge >= 0.3 is 0 Å². The van der Waals surface area contributed by atoms with Crippen LogP contribution >= 0.6 is 0 Å². The standard InChI is InChI=1S/C25H33N3O5/c1-30-22-13-19(14-23(31-2)25(22)32-3)28-11-10-26-16-18(28)5-4-12-33-20-8-6-17-7-9-24(29)27-21(17)15-20/h6,8,13-15,18,26H,4-5,7,9-12,16H2,1-3H3,(H,27,29). The van der Waals surface area contributed by atoms with Crippen molar-refractivity contribution < 1.29 is 23.7 Å². The molecule has 33 heavy (non-hydrogen) atoms. The molecule has 8 nitrogen and oxygen atoms in total. The van der Waals surface area contributed by atoms with Crippen molar-refractivity contribution in [1.29, 1.82) is 0 Å². The summed E-state index contributed by atoms with van der Waals surface area (Å²) in [4.78, 5) is 14.0. The van der Waals surface area contributed by atoms with Crippen LogP contribution in [-0.2, 0) is 11.2 Å². The van der Waals surface area contributed by atoms with Crippen molar-refractivity contribution >= 4 is 17.3 Å². The van der Waals surface area contributed by atoms with Gasteiger partial charge in [-0.3, -0.25) is 4.79 Å². The van der Waals surface area contributed by atoms with Crippen molar-refractivity contribution in [2.75, 3.05) is 57.8 Å². The Hall–Kier alpha value is -3.13. The number of amides is 1. The fourth-order valence-electron chi connectivity index (χ4n) is 4.54. The molecule has 4 rings (SSSR count). The SMILES string of the molecule is COc1cc(N2CCNCC2CCCOc2ccc3c(c2)NC(=O)CC3)cc(OC)c1OC. The van der Waals surface area contributed by atoms with E-state index in [0.717, 1.165) is 61.6 Å². The molecule has 178 valence electrons. The number of anilines is 2. The summed E-state index contributed by atoms with van der Waals surface area (Å²) in [5, 5.41) is 6.43. The first-order chi connectivity index (χ1) is 16.1. The van der Waals surface area contributed by atoms with Gasteiger partial charge in [0.05, 0.1) is 27.9 Å². The van der Waals surface area contributed by atoms with Gasteiger partial charge in [0.1, 0.15) is 5.75 Å². The highest BCUT2D eigenvalue weighted by atomic mass is 16.5. The number of methoxy groups -OCH3 is 3. The number of carbonyl (C=O) groups excluding carboxylic acids is 1. The average molecular weight is 456 g/mol. The number of benzene rings is 2. The zero-order valence-corrected chi connectivity index (χ0v) is 19.6. The molecule has 0 aromatic heterocycles. The summed E-state index contributed by atoms with van der Waals surface area (Å²) < 4.78 is 22.6. The molecule has 2 aliphatic rings. The lowest BCUT2D eigenvalue weighted by atomic mass is 10.0. The largest absolute Gasteiger partial charge is 0.494 e. The van der Waals surface area contributed by atoms with Gasteiger partial charge in [0.15, 0.2) is 11.5 Å². The first-order valence-corrected chi connectivity index (χ1v) is 11.5. The third-order valence-electron chi connectivity index (χ3n) is 6.26. The summed E-state index contributed by atoms with van der Waals surface area (Å²) in [6.07, 6.45) is 3.22. The molecule has 0 saturated carbocycles. The second-order valence-electron chi connectivity index (χ2n) is 8.29. The van der Waals surface area contributed by atoms with E-state index in [1.54, 1.807) is 21.3 Å². The van der Waals surface area contributed by atoms with E-state index < -0.39 is 0 Å². The highest BCUT2D eigenvalue weighted by Crippen LogP contribution is 2.41. The minimum Gasteiger partial charge on any atom is -0.494 e. The predicted octanol–water partition coefficient (Wildman–Crippen LogP) is 3.23. The Morgan fingerprint density at radius 3 is 2.55 bits per heavy atom. The second-order valence-corrected chi connectivity index (χ2v) is 8.29.